The predicted octanol–water partition coefficient (Wildman–Crippen LogP) is 1.60. The number of carboxylic acid groups (broad SMARTS) is 1. The Morgan fingerprint density at radius 3 is 2.89 bits per heavy atom. The highest BCUT2D eigenvalue weighted by molar-refractivity contribution is 5.68. The Hall–Kier alpha value is -1.55. The van der Waals surface area contributed by atoms with Gasteiger partial charge < -0.3 is 15.6 Å². The highest BCUT2D eigenvalue weighted by Gasteiger charge is 2.35. The van der Waals surface area contributed by atoms with E-state index < -0.39 is 5.97 Å². The predicted molar refractivity (Wildman–Crippen MR) is 68.8 cm³/mol. The summed E-state index contributed by atoms with van der Waals surface area (Å²) in [7, 11) is 1.64. The molecule has 18 heavy (non-hydrogen) atoms. The lowest BCUT2D eigenvalue weighted by atomic mass is 9.69. The number of nitrogens with two attached hydrogens (primary N) is 1. The summed E-state index contributed by atoms with van der Waals surface area (Å²) in [5.41, 5.74) is 7.98. The van der Waals surface area contributed by atoms with E-state index in [1.165, 1.54) is 11.1 Å². The number of methoxy groups -OCH3 is 1. The van der Waals surface area contributed by atoms with E-state index in [-0.39, 0.29) is 11.8 Å². The number of ether oxygens (including phenoxy) is 1. The minimum atomic E-state index is -0.771. The second-order valence-electron chi connectivity index (χ2n) is 5.09. The summed E-state index contributed by atoms with van der Waals surface area (Å²) in [5, 5.41) is 9.03. The Morgan fingerprint density at radius 2 is 2.28 bits per heavy atom. The van der Waals surface area contributed by atoms with Gasteiger partial charge in [-0.05, 0) is 54.5 Å². The van der Waals surface area contributed by atoms with E-state index in [4.69, 9.17) is 15.6 Å². The van der Waals surface area contributed by atoms with Gasteiger partial charge in [-0.25, -0.2) is 0 Å². The van der Waals surface area contributed by atoms with Crippen molar-refractivity contribution in [2.75, 3.05) is 13.7 Å². The summed E-state index contributed by atoms with van der Waals surface area (Å²) >= 11 is 0. The molecule has 0 heterocycles. The molecule has 1 atom stereocenters. The minimum absolute atomic E-state index is 0.139. The Kier molecular flexibility index (Phi) is 3.57. The quantitative estimate of drug-likeness (QED) is 0.850. The standard InChI is InChI=1S/C14H19NO3/c1-18-12-3-2-10-4-5-14(9-15,8-13(16)17)7-11(10)6-12/h2-3,6H,4-5,7-9,15H2,1H3,(H,16,17). The van der Waals surface area contributed by atoms with Crippen LogP contribution in [0.1, 0.15) is 24.0 Å². The average molecular weight is 249 g/mol. The number of hydrogen-bond acceptors (Lipinski definition) is 3. The summed E-state index contributed by atoms with van der Waals surface area (Å²) < 4.78 is 5.22. The first-order chi connectivity index (χ1) is 8.58. The van der Waals surface area contributed by atoms with Crippen molar-refractivity contribution in [1.29, 1.82) is 0 Å². The first-order valence-electron chi connectivity index (χ1n) is 6.16. The molecule has 0 spiro atoms. The third-order valence-corrected chi connectivity index (χ3v) is 3.86. The van der Waals surface area contributed by atoms with Crippen molar-refractivity contribution in [3.63, 3.8) is 0 Å². The first-order valence-corrected chi connectivity index (χ1v) is 6.16. The largest absolute Gasteiger partial charge is 0.497 e. The van der Waals surface area contributed by atoms with Crippen LogP contribution in [0.5, 0.6) is 5.75 Å². The van der Waals surface area contributed by atoms with Gasteiger partial charge in [0.2, 0.25) is 0 Å². The van der Waals surface area contributed by atoms with Crippen molar-refractivity contribution in [1.82, 2.24) is 0 Å². The van der Waals surface area contributed by atoms with Crippen LogP contribution in [-0.4, -0.2) is 24.7 Å². The summed E-state index contributed by atoms with van der Waals surface area (Å²) in [6.45, 7) is 0.413. The molecule has 0 aromatic heterocycles. The van der Waals surface area contributed by atoms with Gasteiger partial charge in [0.05, 0.1) is 13.5 Å². The van der Waals surface area contributed by atoms with Crippen molar-refractivity contribution in [2.24, 2.45) is 11.1 Å². The number of hydrogen-bond donors (Lipinski definition) is 2. The SMILES string of the molecule is COc1ccc2c(c1)CC(CN)(CC(=O)O)CC2. The Labute approximate surface area is 107 Å². The highest BCUT2D eigenvalue weighted by atomic mass is 16.5. The lowest BCUT2D eigenvalue weighted by Gasteiger charge is -2.36. The molecule has 0 bridgehead atoms. The van der Waals surface area contributed by atoms with E-state index in [1.54, 1.807) is 7.11 Å². The maximum absolute atomic E-state index is 11.0. The molecular weight excluding hydrogens is 230 g/mol. The highest BCUT2D eigenvalue weighted by Crippen LogP contribution is 2.38. The third-order valence-electron chi connectivity index (χ3n) is 3.86. The number of fused-ring (bicyclic) bond motifs is 1. The molecule has 1 aromatic carbocycles. The van der Waals surface area contributed by atoms with E-state index in [1.807, 2.05) is 12.1 Å². The van der Waals surface area contributed by atoms with Crippen molar-refractivity contribution in [3.8, 4) is 5.75 Å². The summed E-state index contributed by atoms with van der Waals surface area (Å²) in [4.78, 5) is 11.0. The molecule has 0 fully saturated rings. The lowest BCUT2D eigenvalue weighted by molar-refractivity contribution is -0.139. The number of benzene rings is 1. The Morgan fingerprint density at radius 1 is 1.50 bits per heavy atom. The van der Waals surface area contributed by atoms with Crippen LogP contribution in [0.4, 0.5) is 0 Å². The van der Waals surface area contributed by atoms with Crippen LogP contribution in [0, 0.1) is 5.41 Å². The van der Waals surface area contributed by atoms with Crippen LogP contribution in [0.2, 0.25) is 0 Å². The molecule has 0 radical (unpaired) electrons. The zero-order valence-electron chi connectivity index (χ0n) is 10.6. The fraction of sp³-hybridized carbons (Fsp3) is 0.500. The van der Waals surface area contributed by atoms with Gasteiger partial charge in [0.25, 0.3) is 0 Å². The van der Waals surface area contributed by atoms with Gasteiger partial charge in [-0.1, -0.05) is 6.07 Å². The maximum Gasteiger partial charge on any atom is 0.303 e. The number of carbonyl (C=O) groups is 1. The van der Waals surface area contributed by atoms with Gasteiger partial charge in [-0.2, -0.15) is 0 Å². The van der Waals surface area contributed by atoms with Gasteiger partial charge >= 0.3 is 5.97 Å². The molecular formula is C14H19NO3. The summed E-state index contributed by atoms with van der Waals surface area (Å²) in [6, 6.07) is 6.02. The normalized spacial score (nSPS) is 22.3. The molecule has 4 heteroatoms. The van der Waals surface area contributed by atoms with Crippen molar-refractivity contribution >= 4 is 5.97 Å². The molecule has 3 N–H and O–H groups in total. The summed E-state index contributed by atoms with van der Waals surface area (Å²) in [6.07, 6.45) is 2.60. The molecule has 0 saturated heterocycles. The van der Waals surface area contributed by atoms with Crippen LogP contribution < -0.4 is 10.5 Å². The van der Waals surface area contributed by atoms with Crippen molar-refractivity contribution in [2.45, 2.75) is 25.7 Å². The molecule has 1 aliphatic carbocycles. The molecule has 1 aromatic rings. The molecule has 0 saturated carbocycles. The van der Waals surface area contributed by atoms with Crippen LogP contribution >= 0.6 is 0 Å². The molecule has 0 aliphatic heterocycles. The molecule has 4 nitrogen and oxygen atoms in total. The number of aryl methyl sites for hydroxylation is 1. The fourth-order valence-corrected chi connectivity index (χ4v) is 2.75. The number of carboxylic acids is 1. The van der Waals surface area contributed by atoms with Gasteiger partial charge in [-0.15, -0.1) is 0 Å². The first kappa shape index (κ1) is 12.9. The van der Waals surface area contributed by atoms with E-state index in [0.717, 1.165) is 25.0 Å². The minimum Gasteiger partial charge on any atom is -0.497 e. The molecule has 98 valence electrons. The average Bonchev–Trinajstić information content (AvgIpc) is 2.37. The Balaban J connectivity index is 2.28. The van der Waals surface area contributed by atoms with Gasteiger partial charge in [0.1, 0.15) is 5.75 Å². The zero-order valence-corrected chi connectivity index (χ0v) is 10.6. The smallest absolute Gasteiger partial charge is 0.303 e. The van der Waals surface area contributed by atoms with Crippen LogP contribution in [0.15, 0.2) is 18.2 Å². The van der Waals surface area contributed by atoms with Gasteiger partial charge in [0.15, 0.2) is 0 Å². The number of rotatable bonds is 4. The number of aliphatic carboxylic acids is 1. The van der Waals surface area contributed by atoms with Crippen LogP contribution in [-0.2, 0) is 17.6 Å². The van der Waals surface area contributed by atoms with Crippen molar-refractivity contribution < 1.29 is 14.6 Å². The zero-order chi connectivity index (χ0) is 13.2. The van der Waals surface area contributed by atoms with Gasteiger partial charge in [-0.3, -0.25) is 4.79 Å². The lowest BCUT2D eigenvalue weighted by Crippen LogP contribution is -2.38. The topological polar surface area (TPSA) is 72.5 Å². The van der Waals surface area contributed by atoms with Crippen molar-refractivity contribution in [3.05, 3.63) is 29.3 Å². The summed E-state index contributed by atoms with van der Waals surface area (Å²) in [5.74, 6) is 0.0451. The second-order valence-corrected chi connectivity index (χ2v) is 5.09. The molecule has 1 aliphatic rings. The second kappa shape index (κ2) is 4.98. The van der Waals surface area contributed by atoms with E-state index in [2.05, 4.69) is 6.07 Å². The third kappa shape index (κ3) is 2.48. The van der Waals surface area contributed by atoms with Crippen LogP contribution in [0.25, 0.3) is 0 Å². The Bertz CT molecular complexity index is 458. The van der Waals surface area contributed by atoms with Gasteiger partial charge in [0, 0.05) is 0 Å². The molecule has 0 amide bonds. The monoisotopic (exact) mass is 249 g/mol. The maximum atomic E-state index is 11.0. The van der Waals surface area contributed by atoms with E-state index in [9.17, 15) is 4.79 Å². The molecule has 2 rings (SSSR count). The van der Waals surface area contributed by atoms with E-state index in [0.29, 0.717) is 6.54 Å². The fourth-order valence-electron chi connectivity index (χ4n) is 2.75. The molecule has 1 unspecified atom stereocenters. The van der Waals surface area contributed by atoms with Crippen LogP contribution in [0.3, 0.4) is 0 Å². The van der Waals surface area contributed by atoms with E-state index >= 15 is 0 Å².